The van der Waals surface area contributed by atoms with Gasteiger partial charge in [-0.05, 0) is 79.5 Å². The molecule has 10 heteroatoms. The molecule has 38 heavy (non-hydrogen) atoms. The Balaban J connectivity index is 1.35. The molecule has 2 fully saturated rings. The van der Waals surface area contributed by atoms with Crippen LogP contribution < -0.4 is 5.32 Å². The predicted molar refractivity (Wildman–Crippen MR) is 139 cm³/mol. The van der Waals surface area contributed by atoms with E-state index in [0.717, 1.165) is 26.1 Å². The number of esters is 1. The summed E-state index contributed by atoms with van der Waals surface area (Å²) in [5, 5.41) is 2.87. The highest BCUT2D eigenvalue weighted by molar-refractivity contribution is 9.10. The molecule has 2 aromatic carbocycles. The summed E-state index contributed by atoms with van der Waals surface area (Å²) in [7, 11) is 1.37. The van der Waals surface area contributed by atoms with E-state index in [0.29, 0.717) is 38.5 Å². The molecule has 1 aliphatic heterocycles. The fourth-order valence-corrected chi connectivity index (χ4v) is 6.40. The van der Waals surface area contributed by atoms with Crippen LogP contribution in [0.5, 0.6) is 0 Å². The number of urea groups is 1. The quantitative estimate of drug-likeness (QED) is 0.407. The van der Waals surface area contributed by atoms with E-state index in [4.69, 9.17) is 4.74 Å². The van der Waals surface area contributed by atoms with Gasteiger partial charge in [-0.2, -0.15) is 0 Å². The Labute approximate surface area is 228 Å². The number of nitrogens with one attached hydrogen (secondary N) is 1. The average molecular weight is 586 g/mol. The third-order valence-electron chi connectivity index (χ3n) is 8.02. The van der Waals surface area contributed by atoms with Crippen LogP contribution in [0.1, 0.15) is 48.8 Å². The van der Waals surface area contributed by atoms with Gasteiger partial charge in [0, 0.05) is 17.1 Å². The molecule has 0 bridgehead atoms. The van der Waals surface area contributed by atoms with E-state index in [-0.39, 0.29) is 36.2 Å². The Morgan fingerprint density at radius 2 is 1.84 bits per heavy atom. The molecular weight excluding hydrogens is 557 g/mol. The van der Waals surface area contributed by atoms with Crippen molar-refractivity contribution < 1.29 is 28.3 Å². The first-order valence-corrected chi connectivity index (χ1v) is 13.6. The predicted octanol–water partition coefficient (Wildman–Crippen LogP) is 4.04. The Morgan fingerprint density at radius 1 is 1.13 bits per heavy atom. The second-order valence-electron chi connectivity index (χ2n) is 10.2. The van der Waals surface area contributed by atoms with E-state index in [1.54, 1.807) is 17.0 Å². The first-order valence-electron chi connectivity index (χ1n) is 12.8. The monoisotopic (exact) mass is 585 g/mol. The summed E-state index contributed by atoms with van der Waals surface area (Å²) < 4.78 is 19.3. The zero-order valence-corrected chi connectivity index (χ0v) is 22.6. The summed E-state index contributed by atoms with van der Waals surface area (Å²) in [6, 6.07) is 10.8. The van der Waals surface area contributed by atoms with Crippen LogP contribution in [0.3, 0.4) is 0 Å². The fourth-order valence-electron chi connectivity index (χ4n) is 5.99. The smallest absolute Gasteiger partial charge is 0.325 e. The molecule has 8 nitrogen and oxygen atoms in total. The molecule has 1 spiro atoms. The molecular formula is C28H29BrFN3O5. The lowest BCUT2D eigenvalue weighted by atomic mass is 9.85. The number of halogens is 2. The molecule has 0 radical (unpaired) electrons. The number of imide groups is 1. The van der Waals surface area contributed by atoms with Crippen LogP contribution in [0.4, 0.5) is 9.18 Å². The van der Waals surface area contributed by atoms with Gasteiger partial charge in [0.05, 0.1) is 13.0 Å². The van der Waals surface area contributed by atoms with Crippen LogP contribution >= 0.6 is 15.9 Å². The summed E-state index contributed by atoms with van der Waals surface area (Å²) in [6.45, 7) is -0.186. The molecule has 0 aromatic heterocycles. The molecule has 1 N–H and O–H groups in total. The number of fused-ring (bicyclic) bond motifs is 2. The van der Waals surface area contributed by atoms with Crippen LogP contribution in [0.15, 0.2) is 46.9 Å². The number of carbonyl (C=O) groups excluding carboxylic acids is 4. The van der Waals surface area contributed by atoms with Crippen molar-refractivity contribution in [3.05, 3.63) is 69.4 Å². The van der Waals surface area contributed by atoms with Crippen molar-refractivity contribution >= 4 is 39.7 Å². The number of rotatable bonds is 6. The summed E-state index contributed by atoms with van der Waals surface area (Å²) >= 11 is 3.45. The van der Waals surface area contributed by atoms with Crippen LogP contribution in [-0.4, -0.2) is 53.3 Å². The highest BCUT2D eigenvalue weighted by atomic mass is 79.9. The number of carbonyl (C=O) groups is 4. The Morgan fingerprint density at radius 3 is 2.53 bits per heavy atom. The van der Waals surface area contributed by atoms with Crippen molar-refractivity contribution in [2.75, 3.05) is 13.7 Å². The molecule has 1 atom stereocenters. The molecule has 200 valence electrons. The lowest BCUT2D eigenvalue weighted by Crippen LogP contribution is -2.48. The number of methoxy groups -OCH3 is 1. The molecule has 1 heterocycles. The van der Waals surface area contributed by atoms with Crippen LogP contribution in [0.2, 0.25) is 0 Å². The van der Waals surface area contributed by atoms with Crippen LogP contribution in [0.25, 0.3) is 0 Å². The number of nitrogens with zero attached hydrogens (tertiary/aromatic N) is 2. The molecule has 4 amide bonds. The SMILES string of the molecule is COC(=O)C1CCC(N(Cc2ccc(F)cc2)C(=O)CN2C(=O)N[C@]3(CCc4cc(Br)ccc43)C2=O)CC1. The zero-order chi connectivity index (χ0) is 27.0. The second kappa shape index (κ2) is 10.5. The number of benzene rings is 2. The maximum absolute atomic E-state index is 13.7. The van der Waals surface area contributed by atoms with Crippen molar-refractivity contribution in [1.82, 2.24) is 15.1 Å². The van der Waals surface area contributed by atoms with E-state index >= 15 is 0 Å². The first-order chi connectivity index (χ1) is 18.2. The highest BCUT2D eigenvalue weighted by Gasteiger charge is 2.55. The van der Waals surface area contributed by atoms with Crippen molar-refractivity contribution in [3.63, 3.8) is 0 Å². The van der Waals surface area contributed by atoms with Crippen molar-refractivity contribution in [2.45, 2.75) is 56.7 Å². The van der Waals surface area contributed by atoms with E-state index in [9.17, 15) is 23.6 Å². The van der Waals surface area contributed by atoms with Gasteiger partial charge in [-0.15, -0.1) is 0 Å². The zero-order valence-electron chi connectivity index (χ0n) is 21.0. The van der Waals surface area contributed by atoms with Crippen LogP contribution in [0, 0.1) is 11.7 Å². The Bertz CT molecular complexity index is 1280. The summed E-state index contributed by atoms with van der Waals surface area (Å²) in [4.78, 5) is 55.0. The highest BCUT2D eigenvalue weighted by Crippen LogP contribution is 2.42. The number of ether oxygens (including phenoxy) is 1. The van der Waals surface area contributed by atoms with Crippen molar-refractivity contribution in [1.29, 1.82) is 0 Å². The number of aryl methyl sites for hydroxylation is 1. The minimum atomic E-state index is -1.16. The molecule has 3 aliphatic rings. The van der Waals surface area contributed by atoms with Gasteiger partial charge >= 0.3 is 12.0 Å². The lowest BCUT2D eigenvalue weighted by Gasteiger charge is -2.37. The second-order valence-corrected chi connectivity index (χ2v) is 11.1. The Hall–Kier alpha value is -3.27. The normalized spacial score (nSPS) is 24.3. The fraction of sp³-hybridized carbons (Fsp3) is 0.429. The summed E-state index contributed by atoms with van der Waals surface area (Å²) in [5.74, 6) is -1.64. The molecule has 5 rings (SSSR count). The van der Waals surface area contributed by atoms with Gasteiger partial charge in [-0.1, -0.05) is 34.1 Å². The van der Waals surface area contributed by atoms with Gasteiger partial charge in [-0.25, -0.2) is 9.18 Å². The largest absolute Gasteiger partial charge is 0.469 e. The van der Waals surface area contributed by atoms with Gasteiger partial charge < -0.3 is 15.0 Å². The van der Waals surface area contributed by atoms with E-state index in [2.05, 4.69) is 21.2 Å². The molecule has 2 aliphatic carbocycles. The van der Waals surface area contributed by atoms with E-state index in [1.165, 1.54) is 19.2 Å². The van der Waals surface area contributed by atoms with Gasteiger partial charge in [0.1, 0.15) is 17.9 Å². The minimum absolute atomic E-state index is 0.187. The van der Waals surface area contributed by atoms with Gasteiger partial charge in [-0.3, -0.25) is 19.3 Å². The number of amides is 4. The van der Waals surface area contributed by atoms with E-state index < -0.39 is 24.0 Å². The Kier molecular flexibility index (Phi) is 7.26. The third kappa shape index (κ3) is 4.81. The maximum atomic E-state index is 13.7. The summed E-state index contributed by atoms with van der Waals surface area (Å²) in [5.41, 5.74) is 1.33. The first kappa shape index (κ1) is 26.3. The average Bonchev–Trinajstić information content (AvgIpc) is 3.39. The summed E-state index contributed by atoms with van der Waals surface area (Å²) in [6.07, 6.45) is 3.39. The molecule has 1 saturated carbocycles. The van der Waals surface area contributed by atoms with Crippen molar-refractivity contribution in [3.8, 4) is 0 Å². The number of hydrogen-bond donors (Lipinski definition) is 1. The number of hydrogen-bond acceptors (Lipinski definition) is 5. The molecule has 1 saturated heterocycles. The van der Waals surface area contributed by atoms with Gasteiger partial charge in [0.2, 0.25) is 5.91 Å². The molecule has 2 aromatic rings. The molecule has 0 unspecified atom stereocenters. The minimum Gasteiger partial charge on any atom is -0.469 e. The van der Waals surface area contributed by atoms with Gasteiger partial charge in [0.15, 0.2) is 0 Å². The lowest BCUT2D eigenvalue weighted by molar-refractivity contribution is -0.147. The van der Waals surface area contributed by atoms with Crippen LogP contribution in [-0.2, 0) is 37.6 Å². The standard InChI is InChI=1S/C28H29BrFN3O5/c1-38-25(35)18-4-9-22(10-5-18)32(15-17-2-7-21(30)8-3-17)24(34)16-33-26(36)28(31-27(33)37)13-12-19-14-20(29)6-11-23(19)28/h2-3,6-8,11,14,18,22H,4-5,9-10,12-13,15-16H2,1H3,(H,31,37)/t18?,22?,28-/m0/s1. The van der Waals surface area contributed by atoms with Gasteiger partial charge in [0.25, 0.3) is 5.91 Å². The topological polar surface area (TPSA) is 96.0 Å². The maximum Gasteiger partial charge on any atom is 0.325 e. The third-order valence-corrected chi connectivity index (χ3v) is 8.52. The van der Waals surface area contributed by atoms with E-state index in [1.807, 2.05) is 18.2 Å². The van der Waals surface area contributed by atoms with Crippen molar-refractivity contribution in [2.24, 2.45) is 5.92 Å².